The first-order valence-corrected chi connectivity index (χ1v) is 6.05. The average Bonchev–Trinajstić information content (AvgIpc) is 2.89. The van der Waals surface area contributed by atoms with Gasteiger partial charge in [0.05, 0.1) is 17.4 Å². The summed E-state index contributed by atoms with van der Waals surface area (Å²) in [4.78, 5) is 16.8. The maximum absolute atomic E-state index is 11.0. The van der Waals surface area contributed by atoms with Gasteiger partial charge in [0.1, 0.15) is 12.6 Å². The molecule has 0 radical (unpaired) electrons. The number of nitriles is 1. The van der Waals surface area contributed by atoms with Crippen molar-refractivity contribution < 1.29 is 9.90 Å². The molecule has 1 heterocycles. The highest BCUT2D eigenvalue weighted by Crippen LogP contribution is 2.29. The minimum atomic E-state index is -0.880. The fourth-order valence-corrected chi connectivity index (χ4v) is 2.48. The number of rotatable bonds is 4. The van der Waals surface area contributed by atoms with Gasteiger partial charge in [0.2, 0.25) is 0 Å². The second-order valence-corrected chi connectivity index (χ2v) is 4.46. The van der Waals surface area contributed by atoms with Crippen molar-refractivity contribution in [2.75, 3.05) is 11.4 Å². The van der Waals surface area contributed by atoms with E-state index in [4.69, 9.17) is 10.4 Å². The SMILES string of the molecule is N#Cc1ccncc1N(CC(=O)O)C1CCCC1. The topological polar surface area (TPSA) is 77.2 Å². The number of carbonyl (C=O) groups is 1. The lowest BCUT2D eigenvalue weighted by molar-refractivity contribution is -0.135. The molecule has 0 aromatic carbocycles. The van der Waals surface area contributed by atoms with E-state index in [-0.39, 0.29) is 12.6 Å². The van der Waals surface area contributed by atoms with Gasteiger partial charge in [-0.1, -0.05) is 12.8 Å². The van der Waals surface area contributed by atoms with Gasteiger partial charge in [-0.25, -0.2) is 0 Å². The summed E-state index contributed by atoms with van der Waals surface area (Å²) in [6, 6.07) is 3.93. The first-order chi connectivity index (χ1) is 8.72. The van der Waals surface area contributed by atoms with Crippen LogP contribution in [0.1, 0.15) is 31.2 Å². The first kappa shape index (κ1) is 12.4. The zero-order chi connectivity index (χ0) is 13.0. The Morgan fingerprint density at radius 1 is 1.56 bits per heavy atom. The van der Waals surface area contributed by atoms with Crippen LogP contribution in [0.5, 0.6) is 0 Å². The summed E-state index contributed by atoms with van der Waals surface area (Å²) >= 11 is 0. The van der Waals surface area contributed by atoms with Crippen molar-refractivity contribution in [1.29, 1.82) is 5.26 Å². The molecule has 0 bridgehead atoms. The number of carboxylic acids is 1. The van der Waals surface area contributed by atoms with Crippen molar-refractivity contribution in [2.24, 2.45) is 0 Å². The van der Waals surface area contributed by atoms with Crippen LogP contribution in [-0.4, -0.2) is 28.6 Å². The van der Waals surface area contributed by atoms with Crippen molar-refractivity contribution in [1.82, 2.24) is 4.98 Å². The molecule has 5 nitrogen and oxygen atoms in total. The summed E-state index contributed by atoms with van der Waals surface area (Å²) in [5.74, 6) is -0.880. The first-order valence-electron chi connectivity index (χ1n) is 6.05. The van der Waals surface area contributed by atoms with E-state index in [9.17, 15) is 4.79 Å². The van der Waals surface area contributed by atoms with Gasteiger partial charge in [-0.05, 0) is 18.9 Å². The van der Waals surface area contributed by atoms with Gasteiger partial charge in [-0.2, -0.15) is 5.26 Å². The van der Waals surface area contributed by atoms with Gasteiger partial charge >= 0.3 is 5.97 Å². The van der Waals surface area contributed by atoms with Gasteiger partial charge in [0.25, 0.3) is 0 Å². The molecule has 1 aliphatic carbocycles. The maximum atomic E-state index is 11.0. The Kier molecular flexibility index (Phi) is 3.78. The molecule has 1 N–H and O–H groups in total. The molecule has 0 spiro atoms. The lowest BCUT2D eigenvalue weighted by atomic mass is 10.1. The molecule has 0 atom stereocenters. The Labute approximate surface area is 106 Å². The number of anilines is 1. The highest BCUT2D eigenvalue weighted by molar-refractivity contribution is 5.75. The molecule has 1 aromatic rings. The highest BCUT2D eigenvalue weighted by atomic mass is 16.4. The third kappa shape index (κ3) is 2.59. The van der Waals surface area contributed by atoms with Crippen LogP contribution in [0.15, 0.2) is 18.5 Å². The number of aliphatic carboxylic acids is 1. The van der Waals surface area contributed by atoms with Crippen LogP contribution in [-0.2, 0) is 4.79 Å². The number of pyridine rings is 1. The van der Waals surface area contributed by atoms with E-state index in [1.807, 2.05) is 0 Å². The number of hydrogen-bond acceptors (Lipinski definition) is 4. The summed E-state index contributed by atoms with van der Waals surface area (Å²) in [7, 11) is 0. The molecule has 1 aliphatic rings. The number of nitrogens with zero attached hydrogens (tertiary/aromatic N) is 3. The van der Waals surface area contributed by atoms with Crippen LogP contribution in [0, 0.1) is 11.3 Å². The van der Waals surface area contributed by atoms with Crippen molar-refractivity contribution in [2.45, 2.75) is 31.7 Å². The summed E-state index contributed by atoms with van der Waals surface area (Å²) in [6.07, 6.45) is 7.32. The minimum Gasteiger partial charge on any atom is -0.480 e. The van der Waals surface area contributed by atoms with E-state index in [1.54, 1.807) is 23.4 Å². The third-order valence-electron chi connectivity index (χ3n) is 3.30. The van der Waals surface area contributed by atoms with E-state index >= 15 is 0 Å². The summed E-state index contributed by atoms with van der Waals surface area (Å²) < 4.78 is 0. The third-order valence-corrected chi connectivity index (χ3v) is 3.30. The average molecular weight is 245 g/mol. The van der Waals surface area contributed by atoms with Crippen LogP contribution >= 0.6 is 0 Å². The molecular formula is C13H15N3O2. The zero-order valence-electron chi connectivity index (χ0n) is 10.0. The second-order valence-electron chi connectivity index (χ2n) is 4.46. The molecular weight excluding hydrogens is 230 g/mol. The molecule has 0 amide bonds. The Balaban J connectivity index is 2.32. The molecule has 0 saturated heterocycles. The second kappa shape index (κ2) is 5.50. The summed E-state index contributed by atoms with van der Waals surface area (Å²) in [5.41, 5.74) is 1.12. The van der Waals surface area contributed by atoms with E-state index in [0.717, 1.165) is 25.7 Å². The molecule has 5 heteroatoms. The molecule has 18 heavy (non-hydrogen) atoms. The van der Waals surface area contributed by atoms with Crippen molar-refractivity contribution >= 4 is 11.7 Å². The summed E-state index contributed by atoms with van der Waals surface area (Å²) in [5, 5.41) is 18.1. The van der Waals surface area contributed by atoms with Gasteiger partial charge < -0.3 is 10.0 Å². The van der Waals surface area contributed by atoms with Crippen molar-refractivity contribution in [3.8, 4) is 6.07 Å². The smallest absolute Gasteiger partial charge is 0.323 e. The Morgan fingerprint density at radius 3 is 2.89 bits per heavy atom. The lowest BCUT2D eigenvalue weighted by Crippen LogP contribution is -2.38. The quantitative estimate of drug-likeness (QED) is 0.875. The van der Waals surface area contributed by atoms with Crippen LogP contribution < -0.4 is 4.90 Å². The number of aromatic nitrogens is 1. The summed E-state index contributed by atoms with van der Waals surface area (Å²) in [6.45, 7) is -0.0783. The lowest BCUT2D eigenvalue weighted by Gasteiger charge is -2.29. The van der Waals surface area contributed by atoms with Gasteiger partial charge in [0.15, 0.2) is 0 Å². The van der Waals surface area contributed by atoms with E-state index in [2.05, 4.69) is 11.1 Å². The molecule has 94 valence electrons. The number of carboxylic acid groups (broad SMARTS) is 1. The van der Waals surface area contributed by atoms with Gasteiger partial charge in [0, 0.05) is 12.2 Å². The highest BCUT2D eigenvalue weighted by Gasteiger charge is 2.26. The van der Waals surface area contributed by atoms with Gasteiger partial charge in [-0.15, -0.1) is 0 Å². The Hall–Kier alpha value is -2.09. The minimum absolute atomic E-state index is 0.0783. The molecule has 2 rings (SSSR count). The Bertz CT molecular complexity index is 475. The Morgan fingerprint density at radius 2 is 2.28 bits per heavy atom. The molecule has 1 saturated carbocycles. The van der Waals surface area contributed by atoms with Crippen molar-refractivity contribution in [3.05, 3.63) is 24.0 Å². The largest absolute Gasteiger partial charge is 0.480 e. The normalized spacial score (nSPS) is 15.3. The predicted molar refractivity (Wildman–Crippen MR) is 66.2 cm³/mol. The number of hydrogen-bond donors (Lipinski definition) is 1. The molecule has 1 aromatic heterocycles. The fraction of sp³-hybridized carbons (Fsp3) is 0.462. The van der Waals surface area contributed by atoms with Crippen molar-refractivity contribution in [3.63, 3.8) is 0 Å². The predicted octanol–water partition coefficient (Wildman–Crippen LogP) is 1.79. The monoisotopic (exact) mass is 245 g/mol. The van der Waals surface area contributed by atoms with Crippen LogP contribution in [0.4, 0.5) is 5.69 Å². The molecule has 0 unspecified atom stereocenters. The fourth-order valence-electron chi connectivity index (χ4n) is 2.48. The van der Waals surface area contributed by atoms with E-state index < -0.39 is 5.97 Å². The molecule has 1 fully saturated rings. The van der Waals surface area contributed by atoms with Gasteiger partial charge in [-0.3, -0.25) is 9.78 Å². The van der Waals surface area contributed by atoms with E-state index in [0.29, 0.717) is 11.3 Å². The zero-order valence-corrected chi connectivity index (χ0v) is 10.0. The van der Waals surface area contributed by atoms with Crippen LogP contribution in [0.25, 0.3) is 0 Å². The van der Waals surface area contributed by atoms with Crippen LogP contribution in [0.2, 0.25) is 0 Å². The standard InChI is InChI=1S/C13H15N3O2/c14-7-10-5-6-15-8-12(10)16(9-13(17)18)11-3-1-2-4-11/h5-6,8,11H,1-4,9H2,(H,17,18). The maximum Gasteiger partial charge on any atom is 0.323 e. The van der Waals surface area contributed by atoms with Crippen LogP contribution in [0.3, 0.4) is 0 Å². The molecule has 0 aliphatic heterocycles. The van der Waals surface area contributed by atoms with E-state index in [1.165, 1.54) is 0 Å².